The number of urea groups is 1. The van der Waals surface area contributed by atoms with Gasteiger partial charge in [-0.15, -0.1) is 0 Å². The maximum Gasteiger partial charge on any atom is 0.455 e. The SMILES string of the molecule is CCCCN1B(O)c2ccccc2NC1=O. The van der Waals surface area contributed by atoms with Crippen LogP contribution in [0.1, 0.15) is 19.8 Å². The number of amides is 2. The average molecular weight is 218 g/mol. The number of nitrogens with zero attached hydrogens (tertiary/aromatic N) is 1. The molecular formula is C11H15BN2O2. The minimum Gasteiger partial charge on any atom is -0.428 e. The topological polar surface area (TPSA) is 52.6 Å². The van der Waals surface area contributed by atoms with Crippen LogP contribution in [0.5, 0.6) is 0 Å². The molecule has 5 heteroatoms. The number of anilines is 1. The lowest BCUT2D eigenvalue weighted by molar-refractivity contribution is 0.230. The van der Waals surface area contributed by atoms with E-state index >= 15 is 0 Å². The van der Waals surface area contributed by atoms with Gasteiger partial charge in [0.2, 0.25) is 0 Å². The number of benzene rings is 1. The van der Waals surface area contributed by atoms with Crippen molar-refractivity contribution in [3.63, 3.8) is 0 Å². The molecule has 4 nitrogen and oxygen atoms in total. The fraction of sp³-hybridized carbons (Fsp3) is 0.364. The predicted octanol–water partition coefficient (Wildman–Crippen LogP) is 1.02. The fourth-order valence-electron chi connectivity index (χ4n) is 1.85. The number of hydrogen-bond donors (Lipinski definition) is 2. The molecule has 0 aliphatic carbocycles. The van der Waals surface area contributed by atoms with Crippen LogP contribution in [0, 0.1) is 0 Å². The molecular weight excluding hydrogens is 203 g/mol. The third kappa shape index (κ3) is 1.90. The number of hydrogen-bond acceptors (Lipinski definition) is 2. The average Bonchev–Trinajstić information content (AvgIpc) is 2.29. The van der Waals surface area contributed by atoms with E-state index in [0.29, 0.717) is 12.2 Å². The molecule has 1 aromatic rings. The highest BCUT2D eigenvalue weighted by Crippen LogP contribution is 2.13. The molecule has 1 aromatic carbocycles. The Labute approximate surface area is 95.4 Å². The van der Waals surface area contributed by atoms with E-state index in [1.54, 1.807) is 6.07 Å². The predicted molar refractivity (Wildman–Crippen MR) is 64.7 cm³/mol. The number of unbranched alkanes of at least 4 members (excludes halogenated alkanes) is 1. The van der Waals surface area contributed by atoms with Crippen LogP contribution < -0.4 is 10.8 Å². The van der Waals surface area contributed by atoms with Crippen molar-refractivity contribution in [3.8, 4) is 0 Å². The number of nitrogens with one attached hydrogen (secondary N) is 1. The molecule has 1 aliphatic rings. The highest BCUT2D eigenvalue weighted by Gasteiger charge is 2.34. The summed E-state index contributed by atoms with van der Waals surface area (Å²) in [5, 5.41) is 12.9. The van der Waals surface area contributed by atoms with Crippen LogP contribution in [0.15, 0.2) is 24.3 Å². The molecule has 0 bridgehead atoms. The number of carbonyl (C=O) groups is 1. The van der Waals surface area contributed by atoms with Gasteiger partial charge in [0.1, 0.15) is 0 Å². The summed E-state index contributed by atoms with van der Waals surface area (Å²) >= 11 is 0. The molecule has 1 heterocycles. The van der Waals surface area contributed by atoms with E-state index < -0.39 is 7.05 Å². The van der Waals surface area contributed by atoms with Gasteiger partial charge in [-0.2, -0.15) is 0 Å². The molecule has 0 fully saturated rings. The van der Waals surface area contributed by atoms with Gasteiger partial charge in [0.25, 0.3) is 0 Å². The molecule has 1 aliphatic heterocycles. The van der Waals surface area contributed by atoms with Crippen molar-refractivity contribution in [1.29, 1.82) is 0 Å². The van der Waals surface area contributed by atoms with E-state index in [1.165, 1.54) is 4.81 Å². The molecule has 2 rings (SSSR count). The molecule has 0 saturated heterocycles. The highest BCUT2D eigenvalue weighted by molar-refractivity contribution is 6.69. The molecule has 16 heavy (non-hydrogen) atoms. The van der Waals surface area contributed by atoms with Crippen molar-refractivity contribution >= 4 is 24.2 Å². The van der Waals surface area contributed by atoms with Gasteiger partial charge in [-0.25, -0.2) is 4.79 Å². The van der Waals surface area contributed by atoms with Crippen LogP contribution in [-0.4, -0.2) is 29.5 Å². The Kier molecular flexibility index (Phi) is 3.15. The van der Waals surface area contributed by atoms with Crippen LogP contribution >= 0.6 is 0 Å². The summed E-state index contributed by atoms with van der Waals surface area (Å²) in [6.45, 7) is 2.64. The van der Waals surface area contributed by atoms with E-state index in [2.05, 4.69) is 12.2 Å². The van der Waals surface area contributed by atoms with E-state index in [1.807, 2.05) is 18.2 Å². The minimum absolute atomic E-state index is 0.223. The van der Waals surface area contributed by atoms with Gasteiger partial charge < -0.3 is 15.2 Å². The lowest BCUT2D eigenvalue weighted by atomic mass is 9.69. The summed E-state index contributed by atoms with van der Waals surface area (Å²) in [6, 6.07) is 7.11. The van der Waals surface area contributed by atoms with E-state index in [4.69, 9.17) is 0 Å². The Morgan fingerprint density at radius 2 is 2.19 bits per heavy atom. The molecule has 0 radical (unpaired) electrons. The number of carbonyl (C=O) groups excluding carboxylic acids is 1. The van der Waals surface area contributed by atoms with Crippen LogP contribution in [0.2, 0.25) is 0 Å². The van der Waals surface area contributed by atoms with Gasteiger partial charge in [0, 0.05) is 12.2 Å². The van der Waals surface area contributed by atoms with Gasteiger partial charge >= 0.3 is 13.1 Å². The molecule has 0 aromatic heterocycles. The first-order valence-corrected chi connectivity index (χ1v) is 5.58. The molecule has 0 unspecified atom stereocenters. The monoisotopic (exact) mass is 218 g/mol. The second kappa shape index (κ2) is 4.57. The zero-order valence-electron chi connectivity index (χ0n) is 9.31. The second-order valence-corrected chi connectivity index (χ2v) is 3.94. The highest BCUT2D eigenvalue weighted by atomic mass is 16.2. The van der Waals surface area contributed by atoms with Crippen molar-refractivity contribution in [1.82, 2.24) is 4.81 Å². The first-order chi connectivity index (χ1) is 7.74. The summed E-state index contributed by atoms with van der Waals surface area (Å²) in [4.78, 5) is 13.2. The van der Waals surface area contributed by atoms with Crippen molar-refractivity contribution in [2.24, 2.45) is 0 Å². The number of rotatable bonds is 3. The van der Waals surface area contributed by atoms with Crippen molar-refractivity contribution < 1.29 is 9.82 Å². The summed E-state index contributed by atoms with van der Waals surface area (Å²) in [5.74, 6) is 0. The van der Waals surface area contributed by atoms with E-state index in [0.717, 1.165) is 18.3 Å². The van der Waals surface area contributed by atoms with E-state index in [9.17, 15) is 9.82 Å². The van der Waals surface area contributed by atoms with Gasteiger partial charge in [-0.3, -0.25) is 0 Å². The second-order valence-electron chi connectivity index (χ2n) is 3.94. The fourth-order valence-corrected chi connectivity index (χ4v) is 1.85. The molecule has 0 spiro atoms. The zero-order chi connectivity index (χ0) is 11.5. The summed E-state index contributed by atoms with van der Waals surface area (Å²) in [5.41, 5.74) is 1.46. The molecule has 2 amide bonds. The van der Waals surface area contributed by atoms with Gasteiger partial charge in [-0.1, -0.05) is 31.5 Å². The quantitative estimate of drug-likeness (QED) is 0.744. The smallest absolute Gasteiger partial charge is 0.428 e. The van der Waals surface area contributed by atoms with Crippen LogP contribution in [-0.2, 0) is 0 Å². The standard InChI is InChI=1S/C11H15BN2O2/c1-2-3-8-14-11(15)13-10-7-5-4-6-9(10)12(14)16/h4-7,16H,2-3,8H2,1H3,(H,13,15). The van der Waals surface area contributed by atoms with Gasteiger partial charge in [0.05, 0.1) is 0 Å². The Morgan fingerprint density at radius 3 is 2.94 bits per heavy atom. The van der Waals surface area contributed by atoms with Crippen molar-refractivity contribution in [3.05, 3.63) is 24.3 Å². The summed E-state index contributed by atoms with van der Waals surface area (Å²) in [6.07, 6.45) is 1.89. The zero-order valence-corrected chi connectivity index (χ0v) is 9.31. The molecule has 84 valence electrons. The Morgan fingerprint density at radius 1 is 1.44 bits per heavy atom. The summed E-state index contributed by atoms with van der Waals surface area (Å²) in [7, 11) is -0.823. The third-order valence-electron chi connectivity index (χ3n) is 2.79. The van der Waals surface area contributed by atoms with Crippen molar-refractivity contribution in [2.45, 2.75) is 19.8 Å². The lowest BCUT2D eigenvalue weighted by Gasteiger charge is -2.31. The third-order valence-corrected chi connectivity index (χ3v) is 2.79. The first kappa shape index (κ1) is 11.0. The lowest BCUT2D eigenvalue weighted by Crippen LogP contribution is -2.58. The Hall–Kier alpha value is -1.49. The minimum atomic E-state index is -0.823. The Balaban J connectivity index is 2.23. The molecule has 2 N–H and O–H groups in total. The van der Waals surface area contributed by atoms with Crippen LogP contribution in [0.25, 0.3) is 0 Å². The first-order valence-electron chi connectivity index (χ1n) is 5.58. The maximum atomic E-state index is 11.7. The number of para-hydroxylation sites is 1. The molecule has 0 saturated carbocycles. The Bertz CT molecular complexity index is 397. The van der Waals surface area contributed by atoms with Crippen LogP contribution in [0.4, 0.5) is 10.5 Å². The number of fused-ring (bicyclic) bond motifs is 1. The summed E-state index contributed by atoms with van der Waals surface area (Å²) < 4.78 is 0. The van der Waals surface area contributed by atoms with E-state index in [-0.39, 0.29) is 6.03 Å². The molecule has 0 atom stereocenters. The maximum absolute atomic E-state index is 11.7. The van der Waals surface area contributed by atoms with Gasteiger partial charge in [-0.05, 0) is 17.9 Å². The normalized spacial score (nSPS) is 14.8. The van der Waals surface area contributed by atoms with Crippen LogP contribution in [0.3, 0.4) is 0 Å². The van der Waals surface area contributed by atoms with Gasteiger partial charge in [0.15, 0.2) is 0 Å². The van der Waals surface area contributed by atoms with Crippen molar-refractivity contribution in [2.75, 3.05) is 11.9 Å². The largest absolute Gasteiger partial charge is 0.455 e.